The molecule has 0 amide bonds. The van der Waals surface area contributed by atoms with Gasteiger partial charge in [0.2, 0.25) is 0 Å². The van der Waals surface area contributed by atoms with Gasteiger partial charge in [-0.15, -0.1) is 0 Å². The number of hydrogen-bond donors (Lipinski definition) is 1. The first-order valence-electron chi connectivity index (χ1n) is 7.55. The average Bonchev–Trinajstić information content (AvgIpc) is 2.47. The first-order chi connectivity index (χ1) is 9.24. The topological polar surface area (TPSA) is 41.0 Å². The third kappa shape index (κ3) is 5.05. The number of anilines is 2. The van der Waals surface area contributed by atoms with E-state index in [2.05, 4.69) is 53.9 Å². The highest BCUT2D eigenvalue weighted by Crippen LogP contribution is 2.18. The maximum absolute atomic E-state index is 4.42. The predicted molar refractivity (Wildman–Crippen MR) is 82.8 cm³/mol. The highest BCUT2D eigenvalue weighted by molar-refractivity contribution is 5.48. The normalized spacial score (nSPS) is 10.8. The molecule has 1 N–H and O–H groups in total. The molecular formula is C15H28N4. The van der Waals surface area contributed by atoms with E-state index >= 15 is 0 Å². The fourth-order valence-electron chi connectivity index (χ4n) is 2.11. The van der Waals surface area contributed by atoms with Crippen molar-refractivity contribution in [1.82, 2.24) is 9.97 Å². The third-order valence-electron chi connectivity index (χ3n) is 3.55. The minimum absolute atomic E-state index is 0.738. The van der Waals surface area contributed by atoms with Crippen LogP contribution in [0.4, 0.5) is 11.6 Å². The van der Waals surface area contributed by atoms with Gasteiger partial charge in [-0.2, -0.15) is 0 Å². The van der Waals surface area contributed by atoms with Gasteiger partial charge in [0.15, 0.2) is 0 Å². The van der Waals surface area contributed by atoms with E-state index < -0.39 is 0 Å². The molecule has 4 heteroatoms. The Hall–Kier alpha value is -1.32. The van der Waals surface area contributed by atoms with Crippen molar-refractivity contribution < 1.29 is 0 Å². The number of aromatic nitrogens is 2. The minimum Gasteiger partial charge on any atom is -0.370 e. The molecule has 0 aliphatic carbocycles. The Morgan fingerprint density at radius 2 is 1.89 bits per heavy atom. The second kappa shape index (κ2) is 8.73. The lowest BCUT2D eigenvalue weighted by Crippen LogP contribution is -2.29. The molecule has 0 radical (unpaired) electrons. The van der Waals surface area contributed by atoms with Crippen LogP contribution in [0.1, 0.15) is 47.0 Å². The molecule has 1 rings (SSSR count). The van der Waals surface area contributed by atoms with Crippen LogP contribution in [0.25, 0.3) is 0 Å². The lowest BCUT2D eigenvalue weighted by atomic mass is 10.0. The van der Waals surface area contributed by atoms with E-state index in [9.17, 15) is 0 Å². The summed E-state index contributed by atoms with van der Waals surface area (Å²) >= 11 is 0. The average molecular weight is 264 g/mol. The summed E-state index contributed by atoms with van der Waals surface area (Å²) in [4.78, 5) is 11.0. The van der Waals surface area contributed by atoms with Crippen LogP contribution in [0.5, 0.6) is 0 Å². The molecule has 0 aliphatic rings. The molecule has 0 spiro atoms. The summed E-state index contributed by atoms with van der Waals surface area (Å²) in [6.45, 7) is 11.9. The molecule has 0 saturated carbocycles. The SMILES string of the molecule is CCCNc1cc(N(CC)CC(CC)CC)ncn1. The highest BCUT2D eigenvalue weighted by atomic mass is 15.2. The van der Waals surface area contributed by atoms with Crippen molar-refractivity contribution in [2.75, 3.05) is 29.9 Å². The van der Waals surface area contributed by atoms with Crippen molar-refractivity contribution in [2.24, 2.45) is 5.92 Å². The molecule has 1 aromatic heterocycles. The number of nitrogens with zero attached hydrogens (tertiary/aromatic N) is 3. The summed E-state index contributed by atoms with van der Waals surface area (Å²) in [6.07, 6.45) is 5.20. The van der Waals surface area contributed by atoms with E-state index in [4.69, 9.17) is 0 Å². The molecule has 0 bridgehead atoms. The van der Waals surface area contributed by atoms with Crippen molar-refractivity contribution in [3.05, 3.63) is 12.4 Å². The monoisotopic (exact) mass is 264 g/mol. The highest BCUT2D eigenvalue weighted by Gasteiger charge is 2.12. The van der Waals surface area contributed by atoms with Crippen molar-refractivity contribution in [1.29, 1.82) is 0 Å². The van der Waals surface area contributed by atoms with Crippen molar-refractivity contribution in [3.63, 3.8) is 0 Å². The van der Waals surface area contributed by atoms with Crippen LogP contribution in [0.2, 0.25) is 0 Å². The minimum atomic E-state index is 0.738. The van der Waals surface area contributed by atoms with Crippen LogP contribution in [0, 0.1) is 5.92 Å². The molecule has 4 nitrogen and oxygen atoms in total. The van der Waals surface area contributed by atoms with Crippen molar-refractivity contribution in [3.8, 4) is 0 Å². The van der Waals surface area contributed by atoms with Gasteiger partial charge in [-0.25, -0.2) is 9.97 Å². The number of hydrogen-bond acceptors (Lipinski definition) is 4. The molecule has 0 unspecified atom stereocenters. The van der Waals surface area contributed by atoms with Gasteiger partial charge in [0, 0.05) is 25.7 Å². The Labute approximate surface area is 117 Å². The first kappa shape index (κ1) is 15.7. The largest absolute Gasteiger partial charge is 0.370 e. The Bertz CT molecular complexity index is 350. The van der Waals surface area contributed by atoms with E-state index in [1.54, 1.807) is 6.33 Å². The van der Waals surface area contributed by atoms with Gasteiger partial charge in [-0.3, -0.25) is 0 Å². The third-order valence-corrected chi connectivity index (χ3v) is 3.55. The molecule has 0 aromatic carbocycles. The quantitative estimate of drug-likeness (QED) is 0.740. The van der Waals surface area contributed by atoms with Crippen molar-refractivity contribution >= 4 is 11.6 Å². The molecule has 19 heavy (non-hydrogen) atoms. The smallest absolute Gasteiger partial charge is 0.134 e. The summed E-state index contributed by atoms with van der Waals surface area (Å²) in [5, 5.41) is 3.32. The standard InChI is InChI=1S/C15H28N4/c1-5-9-16-14-10-15(18-12-17-14)19(8-4)11-13(6-2)7-3/h10,12-13H,5-9,11H2,1-4H3,(H,16,17,18). The predicted octanol–water partition coefficient (Wildman–Crippen LogP) is 3.56. The van der Waals surface area contributed by atoms with E-state index in [0.29, 0.717) is 0 Å². The molecule has 0 saturated heterocycles. The molecule has 0 atom stereocenters. The van der Waals surface area contributed by atoms with Gasteiger partial charge in [0.05, 0.1) is 0 Å². The Balaban J connectivity index is 2.74. The van der Waals surface area contributed by atoms with E-state index in [-0.39, 0.29) is 0 Å². The summed E-state index contributed by atoms with van der Waals surface area (Å²) in [5.74, 6) is 2.69. The molecule has 108 valence electrons. The van der Waals surface area contributed by atoms with Crippen LogP contribution in [-0.2, 0) is 0 Å². The van der Waals surface area contributed by atoms with Crippen LogP contribution in [0.15, 0.2) is 12.4 Å². The summed E-state index contributed by atoms with van der Waals surface area (Å²) in [6, 6.07) is 2.06. The van der Waals surface area contributed by atoms with Gasteiger partial charge in [0.1, 0.15) is 18.0 Å². The van der Waals surface area contributed by atoms with Crippen LogP contribution < -0.4 is 10.2 Å². The first-order valence-corrected chi connectivity index (χ1v) is 7.55. The fraction of sp³-hybridized carbons (Fsp3) is 0.733. The summed E-state index contributed by atoms with van der Waals surface area (Å²) in [5.41, 5.74) is 0. The van der Waals surface area contributed by atoms with Crippen LogP contribution in [0.3, 0.4) is 0 Å². The van der Waals surface area contributed by atoms with E-state index in [0.717, 1.165) is 43.6 Å². The summed E-state index contributed by atoms with van der Waals surface area (Å²) in [7, 11) is 0. The molecule has 1 aromatic rings. The molecular weight excluding hydrogens is 236 g/mol. The van der Waals surface area contributed by atoms with E-state index in [1.807, 2.05) is 0 Å². The zero-order valence-corrected chi connectivity index (χ0v) is 12.8. The van der Waals surface area contributed by atoms with Gasteiger partial charge in [0.25, 0.3) is 0 Å². The molecule has 0 fully saturated rings. The van der Waals surface area contributed by atoms with E-state index in [1.165, 1.54) is 12.8 Å². The lowest BCUT2D eigenvalue weighted by molar-refractivity contribution is 0.484. The second-order valence-corrected chi connectivity index (χ2v) is 4.91. The maximum atomic E-state index is 4.42. The lowest BCUT2D eigenvalue weighted by Gasteiger charge is -2.26. The molecule has 1 heterocycles. The summed E-state index contributed by atoms with van der Waals surface area (Å²) < 4.78 is 0. The zero-order valence-electron chi connectivity index (χ0n) is 12.8. The Morgan fingerprint density at radius 3 is 2.47 bits per heavy atom. The Morgan fingerprint density at radius 1 is 1.16 bits per heavy atom. The zero-order chi connectivity index (χ0) is 14.1. The van der Waals surface area contributed by atoms with Crippen molar-refractivity contribution in [2.45, 2.75) is 47.0 Å². The fourth-order valence-corrected chi connectivity index (χ4v) is 2.11. The number of rotatable bonds is 9. The maximum Gasteiger partial charge on any atom is 0.134 e. The van der Waals surface area contributed by atoms with Gasteiger partial charge in [-0.1, -0.05) is 33.6 Å². The molecule has 0 aliphatic heterocycles. The van der Waals surface area contributed by atoms with Crippen LogP contribution >= 0.6 is 0 Å². The van der Waals surface area contributed by atoms with Gasteiger partial charge < -0.3 is 10.2 Å². The van der Waals surface area contributed by atoms with Gasteiger partial charge in [-0.05, 0) is 19.3 Å². The Kier molecular flexibility index (Phi) is 7.23. The number of nitrogens with one attached hydrogen (secondary N) is 1. The van der Waals surface area contributed by atoms with Gasteiger partial charge >= 0.3 is 0 Å². The second-order valence-electron chi connectivity index (χ2n) is 4.91. The van der Waals surface area contributed by atoms with Crippen LogP contribution in [-0.4, -0.2) is 29.6 Å².